The number of allylic oxidation sites excluding steroid dienone is 4. The zero-order valence-electron chi connectivity index (χ0n) is 13.5. The topological polar surface area (TPSA) is 9.23 Å². The Bertz CT molecular complexity index is 483. The Morgan fingerprint density at radius 1 is 1.14 bits per heavy atom. The summed E-state index contributed by atoms with van der Waals surface area (Å²) < 4.78 is 5.47. The molecule has 1 aromatic rings. The van der Waals surface area contributed by atoms with Crippen LogP contribution in [-0.4, -0.2) is 6.61 Å². The molecule has 0 amide bonds. The van der Waals surface area contributed by atoms with E-state index in [9.17, 15) is 0 Å². The van der Waals surface area contributed by atoms with Crippen LogP contribution in [0.1, 0.15) is 44.2 Å². The predicted octanol–water partition coefficient (Wildman–Crippen LogP) is 5.66. The maximum Gasteiger partial charge on any atom is 0.119 e. The number of ether oxygens (including phenoxy) is 1. The number of rotatable bonds is 5. The summed E-state index contributed by atoms with van der Waals surface area (Å²) in [5.41, 5.74) is 4.26. The minimum atomic E-state index is 0.763. The first kappa shape index (κ1) is 17.3. The number of aryl methyl sites for hydroxylation is 2. The highest BCUT2D eigenvalue weighted by Gasteiger charge is 2.09. The van der Waals surface area contributed by atoms with Gasteiger partial charge in [-0.05, 0) is 67.9 Å². The molecule has 21 heavy (non-hydrogen) atoms. The standard InChI is InChI=1S/C12H16O.C8H12/c1-2-13-12-8-7-10-5-3-4-6-11(10)9-12;1-4-7-8(5-2)6-3/h7-9H,2-6H2,1H3;4-5,7H,1-2,6H2,3H3/b;8-7+. The fourth-order valence-electron chi connectivity index (χ4n) is 2.45. The largest absolute Gasteiger partial charge is 0.494 e. The predicted molar refractivity (Wildman–Crippen MR) is 93.0 cm³/mol. The first-order valence-corrected chi connectivity index (χ1v) is 7.93. The van der Waals surface area contributed by atoms with Crippen LogP contribution >= 0.6 is 0 Å². The summed E-state index contributed by atoms with van der Waals surface area (Å²) in [4.78, 5) is 0. The summed E-state index contributed by atoms with van der Waals surface area (Å²) in [6, 6.07) is 6.52. The van der Waals surface area contributed by atoms with Crippen LogP contribution in [-0.2, 0) is 12.8 Å². The van der Waals surface area contributed by atoms with Crippen LogP contribution in [0.15, 0.2) is 55.2 Å². The second-order valence-electron chi connectivity index (χ2n) is 5.11. The fourth-order valence-corrected chi connectivity index (χ4v) is 2.45. The molecule has 0 saturated carbocycles. The molecule has 1 aromatic carbocycles. The summed E-state index contributed by atoms with van der Waals surface area (Å²) in [5.74, 6) is 1.03. The van der Waals surface area contributed by atoms with E-state index in [1.165, 1.54) is 42.4 Å². The quantitative estimate of drug-likeness (QED) is 0.634. The van der Waals surface area contributed by atoms with Crippen LogP contribution in [0.3, 0.4) is 0 Å². The molecule has 0 aliphatic heterocycles. The second kappa shape index (κ2) is 10.0. The molecule has 1 aliphatic rings. The lowest BCUT2D eigenvalue weighted by molar-refractivity contribution is 0.339. The van der Waals surface area contributed by atoms with Gasteiger partial charge < -0.3 is 4.74 Å². The summed E-state index contributed by atoms with van der Waals surface area (Å²) in [6.45, 7) is 12.1. The van der Waals surface area contributed by atoms with Crippen LogP contribution in [0.25, 0.3) is 0 Å². The first-order chi connectivity index (χ1) is 10.2. The molecule has 0 fully saturated rings. The lowest BCUT2D eigenvalue weighted by Gasteiger charge is -2.16. The molecular formula is C20H28O. The van der Waals surface area contributed by atoms with Crippen molar-refractivity contribution in [2.45, 2.75) is 46.0 Å². The van der Waals surface area contributed by atoms with Crippen molar-refractivity contribution in [3.05, 3.63) is 66.3 Å². The molecule has 0 bridgehead atoms. The molecule has 1 nitrogen and oxygen atoms in total. The van der Waals surface area contributed by atoms with Crippen LogP contribution in [0.2, 0.25) is 0 Å². The molecule has 1 heteroatoms. The van der Waals surface area contributed by atoms with Crippen molar-refractivity contribution in [3.8, 4) is 5.75 Å². The van der Waals surface area contributed by atoms with Gasteiger partial charge in [0, 0.05) is 0 Å². The van der Waals surface area contributed by atoms with Gasteiger partial charge in [0.05, 0.1) is 6.61 Å². The Balaban J connectivity index is 0.000000240. The third kappa shape index (κ3) is 6.03. The average molecular weight is 284 g/mol. The summed E-state index contributed by atoms with van der Waals surface area (Å²) in [7, 11) is 0. The maximum atomic E-state index is 5.47. The van der Waals surface area contributed by atoms with Crippen LogP contribution in [0, 0.1) is 0 Å². The van der Waals surface area contributed by atoms with Gasteiger partial charge in [0.2, 0.25) is 0 Å². The van der Waals surface area contributed by atoms with Gasteiger partial charge in [-0.25, -0.2) is 0 Å². The van der Waals surface area contributed by atoms with Crippen LogP contribution < -0.4 is 4.74 Å². The zero-order chi connectivity index (χ0) is 15.5. The van der Waals surface area contributed by atoms with Crippen LogP contribution in [0.5, 0.6) is 5.75 Å². The van der Waals surface area contributed by atoms with Crippen molar-refractivity contribution in [1.82, 2.24) is 0 Å². The van der Waals surface area contributed by atoms with E-state index in [4.69, 9.17) is 4.74 Å². The normalized spacial score (nSPS) is 13.5. The number of fused-ring (bicyclic) bond motifs is 1. The van der Waals surface area contributed by atoms with Gasteiger partial charge in [0.25, 0.3) is 0 Å². The van der Waals surface area contributed by atoms with E-state index in [0.717, 1.165) is 18.8 Å². The van der Waals surface area contributed by atoms with Crippen molar-refractivity contribution in [2.24, 2.45) is 0 Å². The van der Waals surface area contributed by atoms with Crippen molar-refractivity contribution >= 4 is 0 Å². The number of hydrogen-bond donors (Lipinski definition) is 0. The lowest BCUT2D eigenvalue weighted by atomic mass is 9.92. The molecule has 0 N–H and O–H groups in total. The molecule has 0 heterocycles. The Morgan fingerprint density at radius 2 is 1.86 bits per heavy atom. The van der Waals surface area contributed by atoms with Gasteiger partial charge >= 0.3 is 0 Å². The van der Waals surface area contributed by atoms with E-state index in [1.54, 1.807) is 6.08 Å². The molecular weight excluding hydrogens is 256 g/mol. The molecule has 2 rings (SSSR count). The van der Waals surface area contributed by atoms with Gasteiger partial charge in [0.15, 0.2) is 0 Å². The van der Waals surface area contributed by atoms with E-state index < -0.39 is 0 Å². The molecule has 0 unspecified atom stereocenters. The smallest absolute Gasteiger partial charge is 0.119 e. The minimum absolute atomic E-state index is 0.763. The third-order valence-electron chi connectivity index (χ3n) is 3.63. The van der Waals surface area contributed by atoms with Crippen LogP contribution in [0.4, 0.5) is 0 Å². The Kier molecular flexibility index (Phi) is 8.27. The van der Waals surface area contributed by atoms with E-state index in [0.29, 0.717) is 0 Å². The summed E-state index contributed by atoms with van der Waals surface area (Å²) in [5, 5.41) is 0. The minimum Gasteiger partial charge on any atom is -0.494 e. The Labute approximate surface area is 130 Å². The van der Waals surface area contributed by atoms with Gasteiger partial charge in [0.1, 0.15) is 5.75 Å². The average Bonchev–Trinajstić information content (AvgIpc) is 2.53. The second-order valence-corrected chi connectivity index (χ2v) is 5.11. The SMILES string of the molecule is C=C/C=C(\C=C)CC.CCOc1ccc2c(c1)CCCC2. The molecule has 0 aromatic heterocycles. The monoisotopic (exact) mass is 284 g/mol. The highest BCUT2D eigenvalue weighted by Crippen LogP contribution is 2.25. The number of benzene rings is 1. The maximum absolute atomic E-state index is 5.47. The molecule has 0 radical (unpaired) electrons. The molecule has 114 valence electrons. The molecule has 0 spiro atoms. The molecule has 1 aliphatic carbocycles. The van der Waals surface area contributed by atoms with E-state index in [-0.39, 0.29) is 0 Å². The van der Waals surface area contributed by atoms with Crippen molar-refractivity contribution in [3.63, 3.8) is 0 Å². The Morgan fingerprint density at radius 3 is 2.38 bits per heavy atom. The summed E-state index contributed by atoms with van der Waals surface area (Å²) >= 11 is 0. The highest BCUT2D eigenvalue weighted by atomic mass is 16.5. The first-order valence-electron chi connectivity index (χ1n) is 7.93. The van der Waals surface area contributed by atoms with E-state index >= 15 is 0 Å². The zero-order valence-corrected chi connectivity index (χ0v) is 13.5. The van der Waals surface area contributed by atoms with E-state index in [1.807, 2.05) is 19.1 Å². The molecule has 0 saturated heterocycles. The van der Waals surface area contributed by atoms with Crippen molar-refractivity contribution in [2.75, 3.05) is 6.61 Å². The van der Waals surface area contributed by atoms with Gasteiger partial charge in [-0.1, -0.05) is 44.4 Å². The number of hydrogen-bond acceptors (Lipinski definition) is 1. The van der Waals surface area contributed by atoms with Crippen molar-refractivity contribution in [1.29, 1.82) is 0 Å². The third-order valence-corrected chi connectivity index (χ3v) is 3.63. The Hall–Kier alpha value is -1.76. The van der Waals surface area contributed by atoms with Gasteiger partial charge in [-0.2, -0.15) is 0 Å². The molecule has 0 atom stereocenters. The highest BCUT2D eigenvalue weighted by molar-refractivity contribution is 5.37. The summed E-state index contributed by atoms with van der Waals surface area (Å²) in [6.07, 6.45) is 11.8. The van der Waals surface area contributed by atoms with Crippen molar-refractivity contribution < 1.29 is 4.74 Å². The van der Waals surface area contributed by atoms with Gasteiger partial charge in [-0.3, -0.25) is 0 Å². The fraction of sp³-hybridized carbons (Fsp3) is 0.400. The van der Waals surface area contributed by atoms with E-state index in [2.05, 4.69) is 38.3 Å². The van der Waals surface area contributed by atoms with Gasteiger partial charge in [-0.15, -0.1) is 0 Å². The lowest BCUT2D eigenvalue weighted by Crippen LogP contribution is -2.03.